The molecule has 1 aliphatic carbocycles. The molecule has 4 nitrogen and oxygen atoms in total. The lowest BCUT2D eigenvalue weighted by molar-refractivity contribution is 0.0695. The minimum atomic E-state index is -1.31. The third-order valence-corrected chi connectivity index (χ3v) is 3.55. The molecule has 0 saturated heterocycles. The normalized spacial score (nSPS) is 14.8. The second-order valence-corrected chi connectivity index (χ2v) is 4.98. The molecule has 0 atom stereocenters. The average Bonchev–Trinajstić information content (AvgIpc) is 3.18. The fourth-order valence-electron chi connectivity index (χ4n) is 2.18. The first-order chi connectivity index (χ1) is 9.00. The van der Waals surface area contributed by atoms with Crippen molar-refractivity contribution >= 4 is 28.5 Å². The maximum atomic E-state index is 14.1. The van der Waals surface area contributed by atoms with Crippen molar-refractivity contribution in [1.82, 2.24) is 4.57 Å². The molecule has 1 fully saturated rings. The lowest BCUT2D eigenvalue weighted by Gasteiger charge is -2.12. The maximum Gasteiger partial charge on any atom is 0.341 e. The van der Waals surface area contributed by atoms with Crippen LogP contribution in [0.4, 0.5) is 4.39 Å². The molecule has 1 saturated carbocycles. The fraction of sp³-hybridized carbons (Fsp3) is 0.231. The van der Waals surface area contributed by atoms with E-state index < -0.39 is 17.2 Å². The Hall–Kier alpha value is -1.88. The summed E-state index contributed by atoms with van der Waals surface area (Å²) >= 11 is 5.73. The summed E-state index contributed by atoms with van der Waals surface area (Å²) in [6, 6.07) is 2.67. The van der Waals surface area contributed by atoms with Gasteiger partial charge in [0, 0.05) is 17.6 Å². The first kappa shape index (κ1) is 12.2. The Kier molecular flexibility index (Phi) is 2.60. The second-order valence-electron chi connectivity index (χ2n) is 4.57. The Morgan fingerprint density at radius 1 is 1.42 bits per heavy atom. The molecule has 2 aromatic rings. The number of aromatic carboxylic acids is 1. The largest absolute Gasteiger partial charge is 0.477 e. The molecule has 1 aromatic carbocycles. The molecule has 0 radical (unpaired) electrons. The lowest BCUT2D eigenvalue weighted by Crippen LogP contribution is -2.19. The predicted octanol–water partition coefficient (Wildman–Crippen LogP) is 2.83. The highest BCUT2D eigenvalue weighted by molar-refractivity contribution is 6.31. The van der Waals surface area contributed by atoms with Crippen LogP contribution in [0.15, 0.2) is 23.1 Å². The Bertz CT molecular complexity index is 765. The number of carboxylic acids is 1. The van der Waals surface area contributed by atoms with Crippen LogP contribution in [0.3, 0.4) is 0 Å². The predicted molar refractivity (Wildman–Crippen MR) is 68.4 cm³/mol. The van der Waals surface area contributed by atoms with Gasteiger partial charge in [-0.1, -0.05) is 11.6 Å². The van der Waals surface area contributed by atoms with Gasteiger partial charge in [0.1, 0.15) is 5.56 Å². The van der Waals surface area contributed by atoms with E-state index in [4.69, 9.17) is 16.7 Å². The van der Waals surface area contributed by atoms with E-state index in [2.05, 4.69) is 0 Å². The summed E-state index contributed by atoms with van der Waals surface area (Å²) in [5.41, 5.74) is -0.943. The van der Waals surface area contributed by atoms with E-state index in [1.54, 1.807) is 0 Å². The number of fused-ring (bicyclic) bond motifs is 1. The highest BCUT2D eigenvalue weighted by Gasteiger charge is 2.28. The van der Waals surface area contributed by atoms with E-state index in [-0.39, 0.29) is 27.5 Å². The van der Waals surface area contributed by atoms with Crippen molar-refractivity contribution in [2.24, 2.45) is 0 Å². The zero-order chi connectivity index (χ0) is 13.7. The molecule has 0 bridgehead atoms. The van der Waals surface area contributed by atoms with Crippen LogP contribution in [0.2, 0.25) is 5.02 Å². The van der Waals surface area contributed by atoms with Gasteiger partial charge in [-0.3, -0.25) is 4.79 Å². The molecule has 1 N–H and O–H groups in total. The van der Waals surface area contributed by atoms with Gasteiger partial charge in [-0.05, 0) is 25.0 Å². The Labute approximate surface area is 112 Å². The van der Waals surface area contributed by atoms with E-state index in [1.807, 2.05) is 0 Å². The number of aromatic nitrogens is 1. The molecule has 0 aliphatic heterocycles. The molecule has 3 rings (SSSR count). The van der Waals surface area contributed by atoms with Gasteiger partial charge in [-0.25, -0.2) is 9.18 Å². The van der Waals surface area contributed by atoms with E-state index in [9.17, 15) is 14.0 Å². The molecular weight excluding hydrogens is 273 g/mol. The van der Waals surface area contributed by atoms with Crippen molar-refractivity contribution < 1.29 is 14.3 Å². The lowest BCUT2D eigenvalue weighted by atomic mass is 10.1. The van der Waals surface area contributed by atoms with Crippen molar-refractivity contribution in [2.75, 3.05) is 0 Å². The van der Waals surface area contributed by atoms with Gasteiger partial charge in [0.25, 0.3) is 0 Å². The number of pyridine rings is 1. The molecule has 1 heterocycles. The minimum Gasteiger partial charge on any atom is -0.477 e. The first-order valence-electron chi connectivity index (χ1n) is 5.77. The number of benzene rings is 1. The van der Waals surface area contributed by atoms with Gasteiger partial charge in [-0.2, -0.15) is 0 Å². The van der Waals surface area contributed by atoms with Gasteiger partial charge in [0.15, 0.2) is 5.82 Å². The van der Waals surface area contributed by atoms with Crippen molar-refractivity contribution in [3.8, 4) is 0 Å². The zero-order valence-corrected chi connectivity index (χ0v) is 10.4. The molecule has 98 valence electrons. The summed E-state index contributed by atoms with van der Waals surface area (Å²) in [5.74, 6) is -1.99. The van der Waals surface area contributed by atoms with Crippen molar-refractivity contribution in [3.63, 3.8) is 0 Å². The molecule has 0 amide bonds. The van der Waals surface area contributed by atoms with E-state index in [0.717, 1.165) is 12.8 Å². The Morgan fingerprint density at radius 2 is 2.11 bits per heavy atom. The number of halogens is 2. The zero-order valence-electron chi connectivity index (χ0n) is 9.69. The van der Waals surface area contributed by atoms with Gasteiger partial charge in [0.05, 0.1) is 10.5 Å². The molecule has 1 aromatic heterocycles. The topological polar surface area (TPSA) is 59.3 Å². The van der Waals surface area contributed by atoms with Crippen LogP contribution in [-0.4, -0.2) is 15.6 Å². The maximum absolute atomic E-state index is 14.1. The second kappa shape index (κ2) is 4.06. The number of nitrogens with zero attached hydrogens (tertiary/aromatic N) is 1. The van der Waals surface area contributed by atoms with Crippen LogP contribution in [0.1, 0.15) is 29.2 Å². The van der Waals surface area contributed by atoms with Crippen LogP contribution < -0.4 is 5.43 Å². The van der Waals surface area contributed by atoms with E-state index in [0.29, 0.717) is 0 Å². The molecular formula is C13H9ClFNO3. The van der Waals surface area contributed by atoms with Gasteiger partial charge in [-0.15, -0.1) is 0 Å². The molecule has 6 heteroatoms. The van der Waals surface area contributed by atoms with Crippen LogP contribution >= 0.6 is 11.6 Å². The summed E-state index contributed by atoms with van der Waals surface area (Å²) in [4.78, 5) is 23.1. The number of rotatable bonds is 2. The van der Waals surface area contributed by atoms with Crippen LogP contribution in [0, 0.1) is 5.82 Å². The van der Waals surface area contributed by atoms with Gasteiger partial charge < -0.3 is 9.67 Å². The van der Waals surface area contributed by atoms with E-state index in [1.165, 1.54) is 22.9 Å². The SMILES string of the molecule is O=C(O)c1cn(C2CC2)c2c(F)c(Cl)ccc2c1=O. The monoisotopic (exact) mass is 281 g/mol. The first-order valence-corrected chi connectivity index (χ1v) is 6.14. The Balaban J connectivity index is 2.49. The smallest absolute Gasteiger partial charge is 0.341 e. The number of hydrogen-bond acceptors (Lipinski definition) is 2. The molecule has 19 heavy (non-hydrogen) atoms. The summed E-state index contributed by atoms with van der Waals surface area (Å²) in [7, 11) is 0. The molecule has 1 aliphatic rings. The minimum absolute atomic E-state index is 0.0363. The number of carboxylic acid groups (broad SMARTS) is 1. The van der Waals surface area contributed by atoms with E-state index >= 15 is 0 Å². The number of carbonyl (C=O) groups is 1. The third kappa shape index (κ3) is 1.81. The quantitative estimate of drug-likeness (QED) is 0.921. The van der Waals surface area contributed by atoms with Crippen molar-refractivity contribution in [3.05, 3.63) is 45.0 Å². The fourth-order valence-corrected chi connectivity index (χ4v) is 2.33. The summed E-state index contributed by atoms with van der Waals surface area (Å²) in [6.07, 6.45) is 2.88. The standard InChI is InChI=1S/C13H9ClFNO3/c14-9-4-3-7-11(10(9)15)16(6-1-2-6)5-8(12(7)17)13(18)19/h3-6H,1-2H2,(H,18,19). The van der Waals surface area contributed by atoms with Gasteiger partial charge in [0.2, 0.25) is 5.43 Å². The van der Waals surface area contributed by atoms with Crippen LogP contribution in [-0.2, 0) is 0 Å². The third-order valence-electron chi connectivity index (χ3n) is 3.26. The average molecular weight is 282 g/mol. The highest BCUT2D eigenvalue weighted by Crippen LogP contribution is 2.38. The van der Waals surface area contributed by atoms with Gasteiger partial charge >= 0.3 is 5.97 Å². The van der Waals surface area contributed by atoms with Crippen LogP contribution in [0.25, 0.3) is 10.9 Å². The summed E-state index contributed by atoms with van der Waals surface area (Å²) in [6.45, 7) is 0. The Morgan fingerprint density at radius 3 is 2.68 bits per heavy atom. The summed E-state index contributed by atoms with van der Waals surface area (Å²) < 4.78 is 15.6. The van der Waals surface area contributed by atoms with Crippen LogP contribution in [0.5, 0.6) is 0 Å². The van der Waals surface area contributed by atoms with Crippen molar-refractivity contribution in [1.29, 1.82) is 0 Å². The summed E-state index contributed by atoms with van der Waals surface area (Å²) in [5, 5.41) is 9.01. The highest BCUT2D eigenvalue weighted by atomic mass is 35.5. The number of hydrogen-bond donors (Lipinski definition) is 1. The van der Waals surface area contributed by atoms with Crippen molar-refractivity contribution in [2.45, 2.75) is 18.9 Å². The molecule has 0 unspecified atom stereocenters. The molecule has 0 spiro atoms.